The normalized spacial score (nSPS) is 10.7. The fraction of sp³-hybridized carbons (Fsp3) is 0.0556. The minimum Gasteiger partial charge on any atom is -0.462 e. The fourth-order valence-electron chi connectivity index (χ4n) is 2.47. The number of imidazole rings is 1. The molecule has 0 atom stereocenters. The van der Waals surface area contributed by atoms with E-state index in [2.05, 4.69) is 15.3 Å². The molecule has 0 aliphatic carbocycles. The van der Waals surface area contributed by atoms with Gasteiger partial charge in [0.05, 0.1) is 36.1 Å². The number of nitrogens with one attached hydrogen (secondary N) is 1. The van der Waals surface area contributed by atoms with Crippen molar-refractivity contribution in [1.82, 2.24) is 14.5 Å². The van der Waals surface area contributed by atoms with Crippen LogP contribution >= 0.6 is 11.3 Å². The number of anilines is 1. The average Bonchev–Trinajstić information content (AvgIpc) is 3.37. The van der Waals surface area contributed by atoms with E-state index in [4.69, 9.17) is 4.42 Å². The Labute approximate surface area is 147 Å². The molecule has 1 N–H and O–H groups in total. The van der Waals surface area contributed by atoms with Crippen molar-refractivity contribution in [3.63, 3.8) is 0 Å². The molecule has 7 heteroatoms. The predicted octanol–water partition coefficient (Wildman–Crippen LogP) is 3.77. The highest BCUT2D eigenvalue weighted by Gasteiger charge is 2.12. The lowest BCUT2D eigenvalue weighted by molar-refractivity contribution is -0.115. The second-order valence-electron chi connectivity index (χ2n) is 5.33. The molecular formula is C18H14N4O2S. The van der Waals surface area contributed by atoms with E-state index in [1.54, 1.807) is 18.8 Å². The zero-order valence-electron chi connectivity index (χ0n) is 13.1. The lowest BCUT2D eigenvalue weighted by Gasteiger charge is -2.11. The number of hydrogen-bond donors (Lipinski definition) is 1. The van der Waals surface area contributed by atoms with E-state index in [1.165, 1.54) is 11.3 Å². The standard InChI is InChI=1S/C18H14N4O2S/c23-17(10-13-11-25-18(20-13)16-6-3-9-24-16)21-14-4-1-2-5-15(14)22-8-7-19-12-22/h1-9,11-12H,10H2,(H,21,23). The maximum Gasteiger partial charge on any atom is 0.230 e. The predicted molar refractivity (Wildman–Crippen MR) is 95.7 cm³/mol. The van der Waals surface area contributed by atoms with Gasteiger partial charge in [0.1, 0.15) is 0 Å². The Bertz CT molecular complexity index is 974. The van der Waals surface area contributed by atoms with Gasteiger partial charge >= 0.3 is 0 Å². The zero-order chi connectivity index (χ0) is 17.1. The summed E-state index contributed by atoms with van der Waals surface area (Å²) in [6.45, 7) is 0. The van der Waals surface area contributed by atoms with Gasteiger partial charge in [-0.1, -0.05) is 12.1 Å². The summed E-state index contributed by atoms with van der Waals surface area (Å²) >= 11 is 1.46. The summed E-state index contributed by atoms with van der Waals surface area (Å²) in [6.07, 6.45) is 7.04. The van der Waals surface area contributed by atoms with Crippen molar-refractivity contribution in [3.05, 3.63) is 72.5 Å². The third-order valence-corrected chi connectivity index (χ3v) is 4.49. The van der Waals surface area contributed by atoms with Gasteiger partial charge in [-0.15, -0.1) is 11.3 Å². The molecule has 0 aliphatic heterocycles. The van der Waals surface area contributed by atoms with Crippen LogP contribution in [-0.4, -0.2) is 20.4 Å². The van der Waals surface area contributed by atoms with E-state index in [-0.39, 0.29) is 12.3 Å². The number of furan rings is 1. The summed E-state index contributed by atoms with van der Waals surface area (Å²) in [6, 6.07) is 11.3. The van der Waals surface area contributed by atoms with Crippen LogP contribution in [0.3, 0.4) is 0 Å². The van der Waals surface area contributed by atoms with E-state index in [1.807, 2.05) is 52.5 Å². The molecular weight excluding hydrogens is 336 g/mol. The van der Waals surface area contributed by atoms with Crippen LogP contribution in [0.2, 0.25) is 0 Å². The topological polar surface area (TPSA) is 73.0 Å². The lowest BCUT2D eigenvalue weighted by atomic mass is 10.2. The molecule has 6 nitrogen and oxygen atoms in total. The first-order valence-corrected chi connectivity index (χ1v) is 8.53. The van der Waals surface area contributed by atoms with Crippen LogP contribution in [0.5, 0.6) is 0 Å². The van der Waals surface area contributed by atoms with Gasteiger partial charge in [0.15, 0.2) is 10.8 Å². The van der Waals surface area contributed by atoms with Crippen molar-refractivity contribution in [2.75, 3.05) is 5.32 Å². The number of carbonyl (C=O) groups excluding carboxylic acids is 1. The lowest BCUT2D eigenvalue weighted by Crippen LogP contribution is -2.16. The van der Waals surface area contributed by atoms with Crippen LogP contribution in [0.4, 0.5) is 5.69 Å². The van der Waals surface area contributed by atoms with E-state index in [0.29, 0.717) is 11.5 Å². The van der Waals surface area contributed by atoms with E-state index < -0.39 is 0 Å². The molecule has 124 valence electrons. The van der Waals surface area contributed by atoms with Crippen LogP contribution in [0, 0.1) is 0 Å². The van der Waals surface area contributed by atoms with Gasteiger partial charge < -0.3 is 14.3 Å². The highest BCUT2D eigenvalue weighted by molar-refractivity contribution is 7.13. The van der Waals surface area contributed by atoms with Gasteiger partial charge in [-0.05, 0) is 24.3 Å². The molecule has 0 unspecified atom stereocenters. The van der Waals surface area contributed by atoms with Gasteiger partial charge in [-0.25, -0.2) is 9.97 Å². The number of thiazole rings is 1. The van der Waals surface area contributed by atoms with Gasteiger partial charge in [-0.3, -0.25) is 4.79 Å². The second kappa shape index (κ2) is 6.74. The molecule has 25 heavy (non-hydrogen) atoms. The van der Waals surface area contributed by atoms with E-state index >= 15 is 0 Å². The number of benzene rings is 1. The molecule has 3 heterocycles. The number of rotatable bonds is 5. The van der Waals surface area contributed by atoms with Crippen molar-refractivity contribution >= 4 is 22.9 Å². The highest BCUT2D eigenvalue weighted by Crippen LogP contribution is 2.24. The third-order valence-electron chi connectivity index (χ3n) is 3.59. The molecule has 0 aliphatic rings. The SMILES string of the molecule is O=C(Cc1csc(-c2ccco2)n1)Nc1ccccc1-n1ccnc1. The first kappa shape index (κ1) is 15.3. The van der Waals surface area contributed by atoms with Crippen molar-refractivity contribution in [1.29, 1.82) is 0 Å². The van der Waals surface area contributed by atoms with Crippen LogP contribution in [-0.2, 0) is 11.2 Å². The monoisotopic (exact) mass is 350 g/mol. The van der Waals surface area contributed by atoms with Crippen molar-refractivity contribution < 1.29 is 9.21 Å². The number of nitrogens with zero attached hydrogens (tertiary/aromatic N) is 3. The Morgan fingerprint density at radius 2 is 2.16 bits per heavy atom. The summed E-state index contributed by atoms with van der Waals surface area (Å²) in [5.41, 5.74) is 2.31. The van der Waals surface area contributed by atoms with Gasteiger partial charge in [0.25, 0.3) is 0 Å². The van der Waals surface area contributed by atoms with E-state index in [0.717, 1.165) is 16.4 Å². The maximum absolute atomic E-state index is 12.4. The first-order valence-electron chi connectivity index (χ1n) is 7.65. The molecule has 4 aromatic rings. The molecule has 0 saturated carbocycles. The largest absolute Gasteiger partial charge is 0.462 e. The second-order valence-corrected chi connectivity index (χ2v) is 6.19. The Kier molecular flexibility index (Phi) is 4.14. The molecule has 1 amide bonds. The number of para-hydroxylation sites is 2. The molecule has 4 rings (SSSR count). The van der Waals surface area contributed by atoms with Gasteiger partial charge in [0, 0.05) is 17.8 Å². The summed E-state index contributed by atoms with van der Waals surface area (Å²) in [5, 5.41) is 5.59. The third kappa shape index (κ3) is 3.36. The number of hydrogen-bond acceptors (Lipinski definition) is 5. The summed E-state index contributed by atoms with van der Waals surface area (Å²) in [5.74, 6) is 0.589. The molecule has 1 aromatic carbocycles. The quantitative estimate of drug-likeness (QED) is 0.595. The molecule has 0 spiro atoms. The van der Waals surface area contributed by atoms with Crippen molar-refractivity contribution in [3.8, 4) is 16.5 Å². The van der Waals surface area contributed by atoms with Crippen LogP contribution in [0.1, 0.15) is 5.69 Å². The molecule has 0 saturated heterocycles. The van der Waals surface area contributed by atoms with Gasteiger partial charge in [-0.2, -0.15) is 0 Å². The van der Waals surface area contributed by atoms with E-state index in [9.17, 15) is 4.79 Å². The number of carbonyl (C=O) groups is 1. The summed E-state index contributed by atoms with van der Waals surface area (Å²) in [7, 11) is 0. The summed E-state index contributed by atoms with van der Waals surface area (Å²) < 4.78 is 7.18. The molecule has 0 bridgehead atoms. The average molecular weight is 350 g/mol. The van der Waals surface area contributed by atoms with Gasteiger partial charge in [0.2, 0.25) is 5.91 Å². The fourth-order valence-corrected chi connectivity index (χ4v) is 3.25. The Hall–Kier alpha value is -3.19. The first-order chi connectivity index (χ1) is 12.3. The molecule has 3 aromatic heterocycles. The summed E-state index contributed by atoms with van der Waals surface area (Å²) in [4.78, 5) is 20.9. The number of amides is 1. The minimum absolute atomic E-state index is 0.121. The van der Waals surface area contributed by atoms with Crippen LogP contribution in [0.25, 0.3) is 16.5 Å². The molecule has 0 fully saturated rings. The van der Waals surface area contributed by atoms with Crippen molar-refractivity contribution in [2.24, 2.45) is 0 Å². The smallest absolute Gasteiger partial charge is 0.230 e. The molecule has 0 radical (unpaired) electrons. The Balaban J connectivity index is 1.48. The highest BCUT2D eigenvalue weighted by atomic mass is 32.1. The minimum atomic E-state index is -0.121. The van der Waals surface area contributed by atoms with Crippen molar-refractivity contribution in [2.45, 2.75) is 6.42 Å². The number of aromatic nitrogens is 3. The Morgan fingerprint density at radius 1 is 1.24 bits per heavy atom. The maximum atomic E-state index is 12.4. The van der Waals surface area contributed by atoms with Crippen LogP contribution < -0.4 is 5.32 Å². The van der Waals surface area contributed by atoms with Crippen LogP contribution in [0.15, 0.2) is 71.2 Å². The Morgan fingerprint density at radius 3 is 2.96 bits per heavy atom. The zero-order valence-corrected chi connectivity index (χ0v) is 13.9.